The lowest BCUT2D eigenvalue weighted by Gasteiger charge is -2.07. The van der Waals surface area contributed by atoms with Crippen LogP contribution in [0.4, 0.5) is 18.9 Å². The second kappa shape index (κ2) is 9.30. The molecule has 3 heterocycles. The van der Waals surface area contributed by atoms with Crippen molar-refractivity contribution >= 4 is 37.5 Å². The maximum Gasteiger partial charge on any atom is 0.433 e. The van der Waals surface area contributed by atoms with Gasteiger partial charge >= 0.3 is 6.18 Å². The third kappa shape index (κ3) is 5.30. The van der Waals surface area contributed by atoms with Crippen LogP contribution in [0.5, 0.6) is 0 Å². The van der Waals surface area contributed by atoms with Gasteiger partial charge in [-0.15, -0.1) is 0 Å². The Kier molecular flexibility index (Phi) is 6.56. The average Bonchev–Trinajstić information content (AvgIpc) is 3.25. The van der Waals surface area contributed by atoms with Gasteiger partial charge in [-0.1, -0.05) is 24.6 Å². The minimum absolute atomic E-state index is 0.0392. The fourth-order valence-electron chi connectivity index (χ4n) is 3.09. The topological polar surface area (TPSA) is 107 Å². The molecule has 1 unspecified atom stereocenters. The summed E-state index contributed by atoms with van der Waals surface area (Å²) in [5.41, 5.74) is 1.15. The van der Waals surface area contributed by atoms with E-state index in [9.17, 15) is 25.8 Å². The number of hydrogen-bond acceptors (Lipinski definition) is 7. The van der Waals surface area contributed by atoms with Crippen LogP contribution in [0.15, 0.2) is 69.9 Å². The van der Waals surface area contributed by atoms with Crippen LogP contribution in [0.25, 0.3) is 17.0 Å². The van der Waals surface area contributed by atoms with E-state index in [-0.39, 0.29) is 33.4 Å². The van der Waals surface area contributed by atoms with Gasteiger partial charge in [0.25, 0.3) is 0 Å². The maximum atomic E-state index is 13.0. The van der Waals surface area contributed by atoms with Crippen molar-refractivity contribution in [1.29, 1.82) is 0 Å². The highest BCUT2D eigenvalue weighted by Crippen LogP contribution is 2.31. The van der Waals surface area contributed by atoms with Gasteiger partial charge in [0.2, 0.25) is 0 Å². The summed E-state index contributed by atoms with van der Waals surface area (Å²) in [7, 11) is -5.39. The Hall–Kier alpha value is -3.45. The van der Waals surface area contributed by atoms with Gasteiger partial charge in [0.15, 0.2) is 9.84 Å². The number of benzene rings is 1. The minimum Gasteiger partial charge on any atom is -0.290 e. The largest absolute Gasteiger partial charge is 0.433 e. The minimum atomic E-state index is -4.65. The molecule has 1 aromatic carbocycles. The zero-order valence-corrected chi connectivity index (χ0v) is 20.0. The van der Waals surface area contributed by atoms with E-state index in [0.717, 1.165) is 18.0 Å². The number of aliphatic imine (C=N–C) groups is 1. The van der Waals surface area contributed by atoms with Crippen molar-refractivity contribution in [3.05, 3.63) is 66.4 Å². The van der Waals surface area contributed by atoms with Gasteiger partial charge in [0, 0.05) is 17.2 Å². The Morgan fingerprint density at radius 1 is 1.14 bits per heavy atom. The molecule has 0 fully saturated rings. The van der Waals surface area contributed by atoms with Gasteiger partial charge in [0.05, 0.1) is 38.9 Å². The zero-order valence-electron chi connectivity index (χ0n) is 18.4. The second-order valence-electron chi connectivity index (χ2n) is 7.45. The number of pyridine rings is 1. The van der Waals surface area contributed by atoms with Gasteiger partial charge in [-0.25, -0.2) is 27.6 Å². The van der Waals surface area contributed by atoms with Gasteiger partial charge in [0.1, 0.15) is 29.1 Å². The van der Waals surface area contributed by atoms with E-state index in [1.165, 1.54) is 35.3 Å². The lowest BCUT2D eigenvalue weighted by atomic mass is 10.2. The van der Waals surface area contributed by atoms with Gasteiger partial charge < -0.3 is 0 Å². The predicted octanol–water partition coefficient (Wildman–Crippen LogP) is 4.38. The smallest absolute Gasteiger partial charge is 0.290 e. The molecule has 0 aliphatic heterocycles. The van der Waals surface area contributed by atoms with Crippen molar-refractivity contribution < 1.29 is 25.8 Å². The standard InChI is InChI=1S/C22H18F3N5O3S2/c1-3-35(32,33)18-8-15(28-13-34(31)16-6-4-14(2)5-7-16)10-26-21(18)17-11-30-12-27-19(22(23,24)25)9-20(30)29-17/h4-13H,3H2,1-2H3. The van der Waals surface area contributed by atoms with Crippen LogP contribution in [0.3, 0.4) is 0 Å². The molecule has 0 bridgehead atoms. The van der Waals surface area contributed by atoms with Gasteiger partial charge in [-0.2, -0.15) is 13.2 Å². The third-order valence-electron chi connectivity index (χ3n) is 4.99. The molecule has 4 aromatic rings. The number of aromatic nitrogens is 4. The van der Waals surface area contributed by atoms with Gasteiger partial charge in [-0.3, -0.25) is 9.38 Å². The first-order chi connectivity index (χ1) is 16.5. The summed E-state index contributed by atoms with van der Waals surface area (Å²) in [6.07, 6.45) is -1.09. The van der Waals surface area contributed by atoms with E-state index in [2.05, 4.69) is 19.9 Å². The number of halogens is 3. The third-order valence-corrected chi connectivity index (χ3v) is 7.76. The molecule has 0 aliphatic carbocycles. The summed E-state index contributed by atoms with van der Waals surface area (Å²) in [5, 5.41) is 0. The fraction of sp³-hybridized carbons (Fsp3) is 0.182. The second-order valence-corrected chi connectivity index (χ2v) is 11.0. The molecular weight excluding hydrogens is 503 g/mol. The first kappa shape index (κ1) is 24.7. The number of sulfone groups is 1. The fourth-order valence-corrected chi connectivity index (χ4v) is 4.90. The number of rotatable bonds is 6. The Morgan fingerprint density at radius 3 is 2.51 bits per heavy atom. The van der Waals surface area contributed by atoms with Crippen molar-refractivity contribution in [3.63, 3.8) is 0 Å². The van der Waals surface area contributed by atoms with E-state index in [1.807, 2.05) is 19.1 Å². The molecule has 4 rings (SSSR count). The summed E-state index contributed by atoms with van der Waals surface area (Å²) in [5.74, 6) is -0.253. The average molecular weight is 522 g/mol. The van der Waals surface area contributed by atoms with Crippen molar-refractivity contribution in [2.75, 3.05) is 5.75 Å². The zero-order chi connectivity index (χ0) is 25.4. The van der Waals surface area contributed by atoms with Crippen LogP contribution in [0.2, 0.25) is 0 Å². The molecule has 3 aromatic heterocycles. The number of nitrogens with zero attached hydrogens (tertiary/aromatic N) is 5. The first-order valence-electron chi connectivity index (χ1n) is 10.1. The molecule has 8 nitrogen and oxygen atoms in total. The van der Waals surface area contributed by atoms with Crippen LogP contribution in [0.1, 0.15) is 18.2 Å². The number of aryl methyl sites for hydroxylation is 1. The number of fused-ring (bicyclic) bond motifs is 1. The lowest BCUT2D eigenvalue weighted by molar-refractivity contribution is -0.141. The molecule has 0 spiro atoms. The van der Waals surface area contributed by atoms with Crippen molar-refractivity contribution in [3.8, 4) is 11.4 Å². The monoisotopic (exact) mass is 521 g/mol. The Morgan fingerprint density at radius 2 is 1.86 bits per heavy atom. The van der Waals surface area contributed by atoms with Crippen molar-refractivity contribution in [1.82, 2.24) is 19.4 Å². The summed E-state index contributed by atoms with van der Waals surface area (Å²) in [4.78, 5) is 16.1. The number of alkyl halides is 3. The molecule has 13 heteroatoms. The molecule has 0 saturated carbocycles. The Labute approximate surface area is 201 Å². The molecule has 0 saturated heterocycles. The molecule has 35 heavy (non-hydrogen) atoms. The first-order valence-corrected chi connectivity index (χ1v) is 13.0. The summed E-state index contributed by atoms with van der Waals surface area (Å²) in [6.45, 7) is 3.35. The normalized spacial score (nSPS) is 13.5. The summed E-state index contributed by atoms with van der Waals surface area (Å²) < 4.78 is 78.3. The molecule has 0 radical (unpaired) electrons. The SMILES string of the molecule is CCS(=O)(=O)c1cc(N=CS(=O)c2ccc(C)cc2)cnc1-c1cn2cnc(C(F)(F)F)cc2n1. The molecule has 0 amide bonds. The molecule has 182 valence electrons. The quantitative estimate of drug-likeness (QED) is 0.275. The molecule has 0 aliphatic rings. The number of imidazole rings is 1. The highest BCUT2D eigenvalue weighted by atomic mass is 32.2. The maximum absolute atomic E-state index is 13.0. The summed E-state index contributed by atoms with van der Waals surface area (Å²) >= 11 is 0. The Bertz CT molecular complexity index is 1560. The predicted molar refractivity (Wildman–Crippen MR) is 125 cm³/mol. The van der Waals surface area contributed by atoms with E-state index >= 15 is 0 Å². The van der Waals surface area contributed by atoms with E-state index in [0.29, 0.717) is 4.90 Å². The van der Waals surface area contributed by atoms with Crippen LogP contribution in [0, 0.1) is 6.92 Å². The summed E-state index contributed by atoms with van der Waals surface area (Å²) in [6, 6.07) is 9.06. The molecular formula is C22H18F3N5O3S2. The van der Waals surface area contributed by atoms with Crippen LogP contribution in [-0.4, -0.2) is 43.3 Å². The van der Waals surface area contributed by atoms with Crippen LogP contribution in [-0.2, 0) is 26.8 Å². The van der Waals surface area contributed by atoms with Crippen molar-refractivity contribution in [2.45, 2.75) is 29.8 Å². The van der Waals surface area contributed by atoms with E-state index < -0.39 is 32.5 Å². The van der Waals surface area contributed by atoms with E-state index in [1.54, 1.807) is 12.1 Å². The van der Waals surface area contributed by atoms with Gasteiger partial charge in [-0.05, 0) is 25.1 Å². The Balaban J connectivity index is 1.74. The number of hydrogen-bond donors (Lipinski definition) is 0. The van der Waals surface area contributed by atoms with Crippen molar-refractivity contribution in [2.24, 2.45) is 4.99 Å². The highest BCUT2D eigenvalue weighted by Gasteiger charge is 2.33. The molecule has 0 N–H and O–H groups in total. The molecule has 1 atom stereocenters. The van der Waals surface area contributed by atoms with Crippen LogP contribution >= 0.6 is 0 Å². The van der Waals surface area contributed by atoms with E-state index in [4.69, 9.17) is 0 Å². The highest BCUT2D eigenvalue weighted by molar-refractivity contribution is 7.98. The van der Waals surface area contributed by atoms with Crippen LogP contribution < -0.4 is 0 Å². The lowest BCUT2D eigenvalue weighted by Crippen LogP contribution is -2.08.